The molecule has 24 heavy (non-hydrogen) atoms. The number of hydrogen-bond acceptors (Lipinski definition) is 5. The first-order valence-electron chi connectivity index (χ1n) is 7.69. The second kappa shape index (κ2) is 6.31. The fourth-order valence-corrected chi connectivity index (χ4v) is 2.23. The van der Waals surface area contributed by atoms with E-state index in [4.69, 9.17) is 9.26 Å². The average molecular weight is 325 g/mol. The fraction of sp³-hybridized carbons (Fsp3) is 0.278. The van der Waals surface area contributed by atoms with E-state index < -0.39 is 11.7 Å². The van der Waals surface area contributed by atoms with Crippen LogP contribution in [0.3, 0.4) is 0 Å². The van der Waals surface area contributed by atoms with E-state index in [1.807, 2.05) is 42.5 Å². The molecule has 0 radical (unpaired) electrons. The Morgan fingerprint density at radius 1 is 1.17 bits per heavy atom. The van der Waals surface area contributed by atoms with Gasteiger partial charge in [0, 0.05) is 5.56 Å². The lowest BCUT2D eigenvalue weighted by atomic mass is 10.1. The lowest BCUT2D eigenvalue weighted by Crippen LogP contribution is -2.32. The second-order valence-electron chi connectivity index (χ2n) is 6.43. The molecule has 1 amide bonds. The largest absolute Gasteiger partial charge is 0.444 e. The number of fused-ring (bicyclic) bond motifs is 1. The molecule has 2 aromatic carbocycles. The fourth-order valence-electron chi connectivity index (χ4n) is 2.23. The standard InChI is InChI=1S/C18H19N3O3/c1-18(2,3)23-17(22)19-11-15-20-16(21-24-15)14-9-8-12-6-4-5-7-13(12)10-14/h4-10H,11H2,1-3H3,(H,19,22). The van der Waals surface area contributed by atoms with Crippen LogP contribution in [0.5, 0.6) is 0 Å². The number of carbonyl (C=O) groups excluding carboxylic acids is 1. The van der Waals surface area contributed by atoms with E-state index >= 15 is 0 Å². The first-order valence-corrected chi connectivity index (χ1v) is 7.69. The summed E-state index contributed by atoms with van der Waals surface area (Å²) in [5.74, 6) is 0.811. The Hall–Kier alpha value is -2.89. The Bertz CT molecular complexity index is 865. The first-order chi connectivity index (χ1) is 11.4. The summed E-state index contributed by atoms with van der Waals surface area (Å²) in [4.78, 5) is 15.9. The number of benzene rings is 2. The molecular weight excluding hydrogens is 306 g/mol. The maximum Gasteiger partial charge on any atom is 0.408 e. The highest BCUT2D eigenvalue weighted by Crippen LogP contribution is 2.22. The van der Waals surface area contributed by atoms with Crippen molar-refractivity contribution in [2.75, 3.05) is 0 Å². The van der Waals surface area contributed by atoms with Crippen molar-refractivity contribution in [2.24, 2.45) is 0 Å². The van der Waals surface area contributed by atoms with Gasteiger partial charge in [-0.1, -0.05) is 41.6 Å². The molecule has 1 heterocycles. The van der Waals surface area contributed by atoms with Crippen LogP contribution < -0.4 is 5.32 Å². The number of hydrogen-bond donors (Lipinski definition) is 1. The summed E-state index contributed by atoms with van der Waals surface area (Å²) in [6.45, 7) is 5.53. The van der Waals surface area contributed by atoms with Crippen molar-refractivity contribution in [2.45, 2.75) is 32.9 Å². The van der Waals surface area contributed by atoms with E-state index in [0.717, 1.165) is 16.3 Å². The summed E-state index contributed by atoms with van der Waals surface area (Å²) in [5, 5.41) is 8.81. The van der Waals surface area contributed by atoms with Crippen molar-refractivity contribution in [3.8, 4) is 11.4 Å². The SMILES string of the molecule is CC(C)(C)OC(=O)NCc1nc(-c2ccc3ccccc3c2)no1. The van der Waals surface area contributed by atoms with Gasteiger partial charge in [0.1, 0.15) is 12.1 Å². The van der Waals surface area contributed by atoms with Crippen molar-refractivity contribution >= 4 is 16.9 Å². The maximum atomic E-state index is 11.6. The molecular formula is C18H19N3O3. The van der Waals surface area contributed by atoms with Crippen LogP contribution in [0, 0.1) is 0 Å². The first kappa shape index (κ1) is 16.0. The summed E-state index contributed by atoms with van der Waals surface area (Å²) in [6.07, 6.45) is -0.520. The highest BCUT2D eigenvalue weighted by molar-refractivity contribution is 5.86. The van der Waals surface area contributed by atoms with Gasteiger partial charge >= 0.3 is 6.09 Å². The van der Waals surface area contributed by atoms with Crippen LogP contribution in [0.25, 0.3) is 22.2 Å². The van der Waals surface area contributed by atoms with E-state index in [2.05, 4.69) is 15.5 Å². The van der Waals surface area contributed by atoms with Crippen LogP contribution in [0.1, 0.15) is 26.7 Å². The highest BCUT2D eigenvalue weighted by atomic mass is 16.6. The van der Waals surface area contributed by atoms with Gasteiger partial charge in [0.15, 0.2) is 0 Å². The Morgan fingerprint density at radius 2 is 1.92 bits per heavy atom. The van der Waals surface area contributed by atoms with E-state index in [1.54, 1.807) is 20.8 Å². The van der Waals surface area contributed by atoms with Gasteiger partial charge < -0.3 is 14.6 Å². The van der Waals surface area contributed by atoms with Gasteiger partial charge in [-0.3, -0.25) is 0 Å². The van der Waals surface area contributed by atoms with Crippen LogP contribution in [0.4, 0.5) is 4.79 Å². The molecule has 124 valence electrons. The number of rotatable bonds is 3. The minimum atomic E-state index is -0.546. The number of aromatic nitrogens is 2. The zero-order valence-corrected chi connectivity index (χ0v) is 13.9. The van der Waals surface area contributed by atoms with Crippen LogP contribution >= 0.6 is 0 Å². The normalized spacial score (nSPS) is 11.5. The minimum absolute atomic E-state index is 0.121. The van der Waals surface area contributed by atoms with E-state index in [9.17, 15) is 4.79 Å². The molecule has 3 rings (SSSR count). The Kier molecular flexibility index (Phi) is 4.20. The Balaban J connectivity index is 1.69. The van der Waals surface area contributed by atoms with Gasteiger partial charge in [-0.2, -0.15) is 4.98 Å². The van der Waals surface area contributed by atoms with Crippen LogP contribution in [0.15, 0.2) is 47.0 Å². The molecule has 0 atom stereocenters. The highest BCUT2D eigenvalue weighted by Gasteiger charge is 2.17. The summed E-state index contributed by atoms with van der Waals surface area (Å²) in [7, 11) is 0. The molecule has 0 spiro atoms. The second-order valence-corrected chi connectivity index (χ2v) is 6.43. The van der Waals surface area contributed by atoms with Gasteiger partial charge in [0.2, 0.25) is 11.7 Å². The van der Waals surface area contributed by atoms with Crippen molar-refractivity contribution in [3.05, 3.63) is 48.4 Å². The lowest BCUT2D eigenvalue weighted by Gasteiger charge is -2.19. The van der Waals surface area contributed by atoms with E-state index in [-0.39, 0.29) is 6.54 Å². The zero-order chi connectivity index (χ0) is 17.2. The van der Waals surface area contributed by atoms with Crippen LogP contribution in [0.2, 0.25) is 0 Å². The van der Waals surface area contributed by atoms with Gasteiger partial charge in [-0.25, -0.2) is 4.79 Å². The summed E-state index contributed by atoms with van der Waals surface area (Å²) < 4.78 is 10.3. The van der Waals surface area contributed by atoms with Gasteiger partial charge in [-0.05, 0) is 37.6 Å². The number of nitrogens with zero attached hydrogens (tertiary/aromatic N) is 2. The number of alkyl carbamates (subject to hydrolysis) is 1. The van der Waals surface area contributed by atoms with Crippen molar-refractivity contribution < 1.29 is 14.1 Å². The topological polar surface area (TPSA) is 77.2 Å². The molecule has 1 aromatic heterocycles. The third-order valence-electron chi connectivity index (χ3n) is 3.26. The molecule has 0 saturated heterocycles. The van der Waals surface area contributed by atoms with Crippen LogP contribution in [-0.4, -0.2) is 21.8 Å². The molecule has 1 N–H and O–H groups in total. The Labute approximate surface area is 139 Å². The van der Waals surface area contributed by atoms with Gasteiger partial charge in [0.05, 0.1) is 0 Å². The lowest BCUT2D eigenvalue weighted by molar-refractivity contribution is 0.0518. The van der Waals surface area contributed by atoms with Gasteiger partial charge in [-0.15, -0.1) is 0 Å². The maximum absolute atomic E-state index is 11.6. The molecule has 0 aliphatic rings. The predicted octanol–water partition coefficient (Wildman–Crippen LogP) is 3.91. The predicted molar refractivity (Wildman–Crippen MR) is 90.3 cm³/mol. The third kappa shape index (κ3) is 3.90. The monoisotopic (exact) mass is 325 g/mol. The summed E-state index contributed by atoms with van der Waals surface area (Å²) in [5.41, 5.74) is 0.316. The Morgan fingerprint density at radius 3 is 2.67 bits per heavy atom. The number of carbonyl (C=O) groups is 1. The number of amides is 1. The molecule has 3 aromatic rings. The van der Waals surface area contributed by atoms with E-state index in [0.29, 0.717) is 11.7 Å². The third-order valence-corrected chi connectivity index (χ3v) is 3.26. The minimum Gasteiger partial charge on any atom is -0.444 e. The van der Waals surface area contributed by atoms with Crippen LogP contribution in [-0.2, 0) is 11.3 Å². The zero-order valence-electron chi connectivity index (χ0n) is 13.9. The quantitative estimate of drug-likeness (QED) is 0.790. The van der Waals surface area contributed by atoms with Crippen molar-refractivity contribution in [1.29, 1.82) is 0 Å². The molecule has 0 fully saturated rings. The molecule has 6 nitrogen and oxygen atoms in total. The van der Waals surface area contributed by atoms with Crippen molar-refractivity contribution in [3.63, 3.8) is 0 Å². The summed E-state index contributed by atoms with van der Waals surface area (Å²) >= 11 is 0. The molecule has 0 saturated carbocycles. The van der Waals surface area contributed by atoms with Gasteiger partial charge in [0.25, 0.3) is 0 Å². The summed E-state index contributed by atoms with van der Waals surface area (Å²) in [6, 6.07) is 14.0. The van der Waals surface area contributed by atoms with Crippen molar-refractivity contribution in [1.82, 2.24) is 15.5 Å². The molecule has 0 aliphatic carbocycles. The van der Waals surface area contributed by atoms with E-state index in [1.165, 1.54) is 0 Å². The smallest absolute Gasteiger partial charge is 0.408 e. The average Bonchev–Trinajstić information content (AvgIpc) is 3.00. The number of nitrogens with one attached hydrogen (secondary N) is 1. The molecule has 0 aliphatic heterocycles. The molecule has 0 unspecified atom stereocenters. The molecule has 0 bridgehead atoms. The molecule has 6 heteroatoms. The number of ether oxygens (including phenoxy) is 1.